The second-order valence-electron chi connectivity index (χ2n) is 9.28. The third-order valence-corrected chi connectivity index (χ3v) is 5.61. The average molecular weight is 485 g/mol. The molecule has 4 aromatic rings. The van der Waals surface area contributed by atoms with Crippen molar-refractivity contribution < 1.29 is 18.8 Å². The number of amides is 2. The highest BCUT2D eigenvalue weighted by Gasteiger charge is 2.20. The van der Waals surface area contributed by atoms with Crippen LogP contribution in [0.25, 0.3) is 11.3 Å². The van der Waals surface area contributed by atoms with E-state index < -0.39 is 0 Å². The number of anilines is 1. The van der Waals surface area contributed by atoms with Gasteiger partial charge in [-0.05, 0) is 47.4 Å². The van der Waals surface area contributed by atoms with Gasteiger partial charge in [0.15, 0.2) is 11.5 Å². The molecule has 2 amide bonds. The van der Waals surface area contributed by atoms with Crippen molar-refractivity contribution in [3.8, 4) is 17.1 Å². The quantitative estimate of drug-likeness (QED) is 0.372. The molecule has 0 unspecified atom stereocenters. The van der Waals surface area contributed by atoms with Crippen LogP contribution in [0, 0.1) is 0 Å². The number of hydrogen-bond donors (Lipinski definition) is 2. The smallest absolute Gasteiger partial charge is 0.273 e. The van der Waals surface area contributed by atoms with E-state index in [1.165, 1.54) is 7.11 Å². The summed E-state index contributed by atoms with van der Waals surface area (Å²) in [4.78, 5) is 29.8. The first kappa shape index (κ1) is 24.7. The van der Waals surface area contributed by atoms with Crippen LogP contribution in [0.4, 0.5) is 5.69 Å². The normalized spacial score (nSPS) is 11.1. The standard InChI is InChI=1S/C28H28N4O4/c1-28(2,3)19-11-12-24(35-4)22(15-19)26(33)31-20-10-7-8-18(14-20)25-16-23(32-36-25)27(34)30-17-21-9-5-6-13-29-21/h5-16H,17H2,1-4H3,(H,30,34)(H,31,33). The number of pyridine rings is 1. The maximum Gasteiger partial charge on any atom is 0.273 e. The van der Waals surface area contributed by atoms with E-state index in [0.29, 0.717) is 28.3 Å². The zero-order valence-corrected chi connectivity index (χ0v) is 20.7. The molecular weight excluding hydrogens is 456 g/mol. The lowest BCUT2D eigenvalue weighted by atomic mass is 9.86. The number of carbonyl (C=O) groups is 2. The Morgan fingerprint density at radius 3 is 2.53 bits per heavy atom. The molecule has 0 radical (unpaired) electrons. The zero-order chi connectivity index (χ0) is 25.7. The predicted molar refractivity (Wildman–Crippen MR) is 137 cm³/mol. The fourth-order valence-corrected chi connectivity index (χ4v) is 3.58. The van der Waals surface area contributed by atoms with Crippen LogP contribution < -0.4 is 15.4 Å². The summed E-state index contributed by atoms with van der Waals surface area (Å²) >= 11 is 0. The summed E-state index contributed by atoms with van der Waals surface area (Å²) in [6.07, 6.45) is 1.67. The van der Waals surface area contributed by atoms with E-state index in [9.17, 15) is 9.59 Å². The van der Waals surface area contributed by atoms with Gasteiger partial charge in [0.2, 0.25) is 0 Å². The van der Waals surface area contributed by atoms with E-state index in [1.807, 2.05) is 36.4 Å². The topological polar surface area (TPSA) is 106 Å². The Kier molecular flexibility index (Phi) is 7.15. The lowest BCUT2D eigenvalue weighted by Gasteiger charge is -2.21. The molecule has 0 spiro atoms. The van der Waals surface area contributed by atoms with Crippen LogP contribution in [0.15, 0.2) is 77.4 Å². The summed E-state index contributed by atoms with van der Waals surface area (Å²) < 4.78 is 10.8. The highest BCUT2D eigenvalue weighted by molar-refractivity contribution is 6.06. The predicted octanol–water partition coefficient (Wildman–Crippen LogP) is 5.23. The van der Waals surface area contributed by atoms with Gasteiger partial charge in [0.25, 0.3) is 11.8 Å². The summed E-state index contributed by atoms with van der Waals surface area (Å²) in [5.41, 5.74) is 3.48. The fourth-order valence-electron chi connectivity index (χ4n) is 3.58. The van der Waals surface area contributed by atoms with Crippen molar-refractivity contribution in [1.29, 1.82) is 0 Å². The molecule has 2 N–H and O–H groups in total. The van der Waals surface area contributed by atoms with Gasteiger partial charge in [-0.25, -0.2) is 0 Å². The Hall–Kier alpha value is -4.46. The molecule has 0 bridgehead atoms. The Bertz CT molecular complexity index is 1370. The first-order valence-electron chi connectivity index (χ1n) is 11.5. The van der Waals surface area contributed by atoms with Gasteiger partial charge in [0.1, 0.15) is 5.75 Å². The summed E-state index contributed by atoms with van der Waals surface area (Å²) in [6, 6.07) is 19.8. The van der Waals surface area contributed by atoms with E-state index in [1.54, 1.807) is 36.5 Å². The molecule has 0 atom stereocenters. The minimum absolute atomic E-state index is 0.116. The summed E-state index contributed by atoms with van der Waals surface area (Å²) in [7, 11) is 1.54. The molecule has 2 heterocycles. The van der Waals surface area contributed by atoms with E-state index in [4.69, 9.17) is 9.26 Å². The molecule has 8 heteroatoms. The van der Waals surface area contributed by atoms with Crippen molar-refractivity contribution in [2.75, 3.05) is 12.4 Å². The molecule has 4 rings (SSSR count). The van der Waals surface area contributed by atoms with Crippen molar-refractivity contribution >= 4 is 17.5 Å². The van der Waals surface area contributed by atoms with Crippen molar-refractivity contribution in [2.24, 2.45) is 0 Å². The Morgan fingerprint density at radius 2 is 1.81 bits per heavy atom. The molecule has 0 aliphatic rings. The maximum atomic E-state index is 13.1. The van der Waals surface area contributed by atoms with Crippen LogP contribution in [-0.2, 0) is 12.0 Å². The van der Waals surface area contributed by atoms with Crippen LogP contribution in [0.2, 0.25) is 0 Å². The monoisotopic (exact) mass is 484 g/mol. The van der Waals surface area contributed by atoms with Crippen LogP contribution in [0.3, 0.4) is 0 Å². The van der Waals surface area contributed by atoms with Crippen molar-refractivity contribution in [2.45, 2.75) is 32.7 Å². The minimum atomic E-state index is -0.370. The number of hydrogen-bond acceptors (Lipinski definition) is 6. The van der Waals surface area contributed by atoms with Gasteiger partial charge >= 0.3 is 0 Å². The van der Waals surface area contributed by atoms with Crippen molar-refractivity contribution in [1.82, 2.24) is 15.5 Å². The molecule has 0 saturated heterocycles. The van der Waals surface area contributed by atoms with Crippen molar-refractivity contribution in [3.05, 3.63) is 95.4 Å². The Morgan fingerprint density at radius 1 is 0.972 bits per heavy atom. The molecule has 0 aliphatic carbocycles. The molecule has 36 heavy (non-hydrogen) atoms. The second-order valence-corrected chi connectivity index (χ2v) is 9.28. The lowest BCUT2D eigenvalue weighted by Crippen LogP contribution is -2.23. The highest BCUT2D eigenvalue weighted by atomic mass is 16.5. The van der Waals surface area contributed by atoms with Gasteiger partial charge in [-0.15, -0.1) is 0 Å². The molecule has 0 saturated carbocycles. The van der Waals surface area contributed by atoms with Gasteiger partial charge in [0.05, 0.1) is 24.9 Å². The maximum absolute atomic E-state index is 13.1. The van der Waals surface area contributed by atoms with Gasteiger partial charge < -0.3 is 19.9 Å². The second kappa shape index (κ2) is 10.4. The van der Waals surface area contributed by atoms with Gasteiger partial charge in [-0.2, -0.15) is 0 Å². The average Bonchev–Trinajstić information content (AvgIpc) is 3.38. The number of methoxy groups -OCH3 is 1. The minimum Gasteiger partial charge on any atom is -0.496 e. The fraction of sp³-hybridized carbons (Fsp3) is 0.214. The number of carbonyl (C=O) groups excluding carboxylic acids is 2. The van der Waals surface area contributed by atoms with Crippen LogP contribution in [-0.4, -0.2) is 29.1 Å². The Labute approximate surface area is 209 Å². The van der Waals surface area contributed by atoms with Crippen LogP contribution in [0.1, 0.15) is 52.9 Å². The molecule has 2 aromatic heterocycles. The zero-order valence-electron chi connectivity index (χ0n) is 20.7. The van der Waals surface area contributed by atoms with Crippen LogP contribution >= 0.6 is 0 Å². The summed E-state index contributed by atoms with van der Waals surface area (Å²) in [6.45, 7) is 6.54. The molecule has 2 aromatic carbocycles. The highest BCUT2D eigenvalue weighted by Crippen LogP contribution is 2.29. The first-order chi connectivity index (χ1) is 17.2. The van der Waals surface area contributed by atoms with E-state index in [-0.39, 0.29) is 29.5 Å². The van der Waals surface area contributed by atoms with Crippen molar-refractivity contribution in [3.63, 3.8) is 0 Å². The lowest BCUT2D eigenvalue weighted by molar-refractivity contribution is 0.0940. The summed E-state index contributed by atoms with van der Waals surface area (Å²) in [5, 5.41) is 9.58. The number of benzene rings is 2. The molecule has 8 nitrogen and oxygen atoms in total. The molecule has 0 fully saturated rings. The molecular formula is C28H28N4O4. The number of ether oxygens (including phenoxy) is 1. The van der Waals surface area contributed by atoms with E-state index >= 15 is 0 Å². The number of nitrogens with one attached hydrogen (secondary N) is 2. The van der Waals surface area contributed by atoms with E-state index in [2.05, 4.69) is 41.5 Å². The number of nitrogens with zero attached hydrogens (tertiary/aromatic N) is 2. The largest absolute Gasteiger partial charge is 0.496 e. The Balaban J connectivity index is 1.48. The number of rotatable bonds is 7. The van der Waals surface area contributed by atoms with Gasteiger partial charge in [-0.3, -0.25) is 14.6 Å². The third-order valence-electron chi connectivity index (χ3n) is 5.61. The van der Waals surface area contributed by atoms with Gasteiger partial charge in [0, 0.05) is 23.5 Å². The van der Waals surface area contributed by atoms with Crippen LogP contribution in [0.5, 0.6) is 5.75 Å². The van der Waals surface area contributed by atoms with E-state index in [0.717, 1.165) is 11.3 Å². The third kappa shape index (κ3) is 5.78. The first-order valence-corrected chi connectivity index (χ1v) is 11.5. The molecule has 184 valence electrons. The SMILES string of the molecule is COc1ccc(C(C)(C)C)cc1C(=O)Nc1cccc(-c2cc(C(=O)NCc3ccccn3)no2)c1. The number of aromatic nitrogens is 2. The molecule has 0 aliphatic heterocycles. The summed E-state index contributed by atoms with van der Waals surface area (Å²) in [5.74, 6) is 0.239. The van der Waals surface area contributed by atoms with Gasteiger partial charge in [-0.1, -0.05) is 50.2 Å².